The van der Waals surface area contributed by atoms with Crippen molar-refractivity contribution in [3.8, 4) is 0 Å². The Hall–Kier alpha value is -1.19. The summed E-state index contributed by atoms with van der Waals surface area (Å²) in [5.41, 5.74) is 0.482. The SMILES string of the molecule is O=C1C(SCCO)=C(c2cccs2)C(=O)N1CCN1CCOCC1. The van der Waals surface area contributed by atoms with Gasteiger partial charge in [-0.05, 0) is 11.4 Å². The number of hydrogen-bond donors (Lipinski definition) is 1. The maximum Gasteiger partial charge on any atom is 0.268 e. The van der Waals surface area contributed by atoms with E-state index in [1.165, 1.54) is 28.0 Å². The summed E-state index contributed by atoms with van der Waals surface area (Å²) in [5.74, 6) is -0.0631. The Bertz CT molecular complexity index is 624. The smallest absolute Gasteiger partial charge is 0.268 e. The molecule has 24 heavy (non-hydrogen) atoms. The molecule has 0 atom stereocenters. The van der Waals surface area contributed by atoms with Crippen LogP contribution in [-0.2, 0) is 14.3 Å². The monoisotopic (exact) mass is 368 g/mol. The lowest BCUT2D eigenvalue weighted by atomic mass is 10.2. The second kappa shape index (κ2) is 8.26. The van der Waals surface area contributed by atoms with Crippen molar-refractivity contribution >= 4 is 40.5 Å². The molecule has 1 fully saturated rings. The van der Waals surface area contributed by atoms with Crippen LogP contribution in [0.1, 0.15) is 4.88 Å². The third-order valence-electron chi connectivity index (χ3n) is 3.97. The minimum atomic E-state index is -0.241. The number of ether oxygens (including phenoxy) is 1. The van der Waals surface area contributed by atoms with Gasteiger partial charge in [0, 0.05) is 36.8 Å². The van der Waals surface area contributed by atoms with Gasteiger partial charge >= 0.3 is 0 Å². The van der Waals surface area contributed by atoms with Gasteiger partial charge in [-0.1, -0.05) is 6.07 Å². The molecule has 3 rings (SSSR count). The van der Waals surface area contributed by atoms with Gasteiger partial charge in [0.15, 0.2) is 0 Å². The van der Waals surface area contributed by atoms with E-state index < -0.39 is 0 Å². The minimum absolute atomic E-state index is 0.0267. The molecule has 0 aromatic carbocycles. The minimum Gasteiger partial charge on any atom is -0.396 e. The first-order chi connectivity index (χ1) is 11.7. The van der Waals surface area contributed by atoms with Gasteiger partial charge in [-0.2, -0.15) is 0 Å². The summed E-state index contributed by atoms with van der Waals surface area (Å²) in [6.45, 7) is 4.06. The number of aliphatic hydroxyl groups excluding tert-OH is 1. The number of thiophene rings is 1. The predicted octanol–water partition coefficient (Wildman–Crippen LogP) is 0.886. The zero-order valence-electron chi connectivity index (χ0n) is 13.3. The molecule has 1 saturated heterocycles. The van der Waals surface area contributed by atoms with Crippen molar-refractivity contribution in [1.29, 1.82) is 0 Å². The largest absolute Gasteiger partial charge is 0.396 e. The lowest BCUT2D eigenvalue weighted by Gasteiger charge is -2.28. The molecule has 1 aromatic heterocycles. The molecule has 2 amide bonds. The Morgan fingerprint density at radius 1 is 1.21 bits per heavy atom. The number of nitrogens with zero attached hydrogens (tertiary/aromatic N) is 2. The standard InChI is InChI=1S/C16H20N2O4S2/c19-7-11-24-14-13(12-2-1-10-23-12)15(20)18(16(14)21)4-3-17-5-8-22-9-6-17/h1-2,10,19H,3-9,11H2. The van der Waals surface area contributed by atoms with Crippen molar-refractivity contribution in [3.63, 3.8) is 0 Å². The molecule has 0 bridgehead atoms. The molecular formula is C16H20N2O4S2. The Morgan fingerprint density at radius 2 is 2.00 bits per heavy atom. The highest BCUT2D eigenvalue weighted by Gasteiger charge is 2.39. The molecule has 0 spiro atoms. The normalized spacial score (nSPS) is 19.6. The highest BCUT2D eigenvalue weighted by atomic mass is 32.2. The van der Waals surface area contributed by atoms with E-state index in [1.807, 2.05) is 17.5 Å². The fraction of sp³-hybridized carbons (Fsp3) is 0.500. The van der Waals surface area contributed by atoms with Crippen LogP contribution < -0.4 is 0 Å². The van der Waals surface area contributed by atoms with E-state index in [2.05, 4.69) is 4.90 Å². The van der Waals surface area contributed by atoms with Crippen molar-refractivity contribution in [1.82, 2.24) is 9.80 Å². The highest BCUT2D eigenvalue weighted by molar-refractivity contribution is 8.04. The van der Waals surface area contributed by atoms with Crippen LogP contribution >= 0.6 is 23.1 Å². The molecular weight excluding hydrogens is 348 g/mol. The molecule has 0 radical (unpaired) electrons. The van der Waals surface area contributed by atoms with Gasteiger partial charge in [0.25, 0.3) is 11.8 Å². The second-order valence-corrected chi connectivity index (χ2v) is 7.52. The topological polar surface area (TPSA) is 70.1 Å². The predicted molar refractivity (Wildman–Crippen MR) is 94.8 cm³/mol. The van der Waals surface area contributed by atoms with E-state index in [1.54, 1.807) is 0 Å². The van der Waals surface area contributed by atoms with Crippen LogP contribution in [0.2, 0.25) is 0 Å². The first kappa shape index (κ1) is 17.6. The molecule has 3 heterocycles. The number of thioether (sulfide) groups is 1. The molecule has 0 aliphatic carbocycles. The number of carbonyl (C=O) groups excluding carboxylic acids is 2. The maximum absolute atomic E-state index is 12.8. The van der Waals surface area contributed by atoms with E-state index in [0.29, 0.717) is 42.5 Å². The molecule has 2 aliphatic heterocycles. The average molecular weight is 368 g/mol. The molecule has 6 nitrogen and oxygen atoms in total. The zero-order chi connectivity index (χ0) is 16.9. The summed E-state index contributed by atoms with van der Waals surface area (Å²) in [6.07, 6.45) is 0. The number of hydrogen-bond acceptors (Lipinski definition) is 7. The molecule has 130 valence electrons. The molecule has 1 N–H and O–H groups in total. The van der Waals surface area contributed by atoms with Gasteiger partial charge in [-0.15, -0.1) is 23.1 Å². The fourth-order valence-electron chi connectivity index (χ4n) is 2.74. The number of aliphatic hydroxyl groups is 1. The van der Waals surface area contributed by atoms with Crippen LogP contribution in [0.3, 0.4) is 0 Å². The summed E-state index contributed by atoms with van der Waals surface area (Å²) in [5, 5.41) is 11.0. The average Bonchev–Trinajstić information content (AvgIpc) is 3.20. The summed E-state index contributed by atoms with van der Waals surface area (Å²) >= 11 is 2.71. The summed E-state index contributed by atoms with van der Waals surface area (Å²) in [4.78, 5) is 30.3. The zero-order valence-corrected chi connectivity index (χ0v) is 14.9. The van der Waals surface area contributed by atoms with Crippen LogP contribution in [0.25, 0.3) is 5.57 Å². The van der Waals surface area contributed by atoms with Crippen LogP contribution in [-0.4, -0.2) is 78.5 Å². The Kier molecular flexibility index (Phi) is 6.07. The van der Waals surface area contributed by atoms with E-state index in [-0.39, 0.29) is 18.4 Å². The molecule has 8 heteroatoms. The third kappa shape index (κ3) is 3.73. The number of rotatable bonds is 7. The van der Waals surface area contributed by atoms with Gasteiger partial charge in [0.1, 0.15) is 0 Å². The number of amides is 2. The van der Waals surface area contributed by atoms with Crippen molar-refractivity contribution in [2.24, 2.45) is 0 Å². The summed E-state index contributed by atoms with van der Waals surface area (Å²) in [7, 11) is 0. The molecule has 2 aliphatic rings. The van der Waals surface area contributed by atoms with Crippen molar-refractivity contribution in [3.05, 3.63) is 27.3 Å². The molecule has 0 unspecified atom stereocenters. The van der Waals surface area contributed by atoms with Crippen LogP contribution in [0.15, 0.2) is 22.4 Å². The van der Waals surface area contributed by atoms with Crippen molar-refractivity contribution < 1.29 is 19.4 Å². The van der Waals surface area contributed by atoms with E-state index in [4.69, 9.17) is 9.84 Å². The Balaban J connectivity index is 1.74. The second-order valence-electron chi connectivity index (χ2n) is 5.47. The first-order valence-electron chi connectivity index (χ1n) is 7.90. The van der Waals surface area contributed by atoms with Crippen LogP contribution in [0.5, 0.6) is 0 Å². The van der Waals surface area contributed by atoms with Gasteiger partial charge in [-0.3, -0.25) is 19.4 Å². The van der Waals surface area contributed by atoms with Gasteiger partial charge < -0.3 is 9.84 Å². The van der Waals surface area contributed by atoms with Crippen molar-refractivity contribution in [2.75, 3.05) is 51.8 Å². The van der Waals surface area contributed by atoms with Crippen molar-refractivity contribution in [2.45, 2.75) is 0 Å². The number of morpholine rings is 1. The number of imide groups is 1. The third-order valence-corrected chi connectivity index (χ3v) is 5.92. The van der Waals surface area contributed by atoms with Gasteiger partial charge in [-0.25, -0.2) is 0 Å². The number of carbonyl (C=O) groups is 2. The quantitative estimate of drug-likeness (QED) is 0.721. The highest BCUT2D eigenvalue weighted by Crippen LogP contribution is 2.37. The Labute approximate surface area is 149 Å². The summed E-state index contributed by atoms with van der Waals surface area (Å²) in [6, 6.07) is 3.73. The lowest BCUT2D eigenvalue weighted by molar-refractivity contribution is -0.136. The van der Waals surface area contributed by atoms with E-state index in [9.17, 15) is 9.59 Å². The van der Waals surface area contributed by atoms with E-state index in [0.717, 1.165) is 18.0 Å². The lowest BCUT2D eigenvalue weighted by Crippen LogP contribution is -2.43. The van der Waals surface area contributed by atoms with E-state index >= 15 is 0 Å². The molecule has 1 aromatic rings. The fourth-order valence-corrected chi connectivity index (χ4v) is 4.45. The Morgan fingerprint density at radius 3 is 2.67 bits per heavy atom. The van der Waals surface area contributed by atoms with Gasteiger partial charge in [0.05, 0.1) is 30.3 Å². The van der Waals surface area contributed by atoms with Crippen LogP contribution in [0.4, 0.5) is 0 Å². The van der Waals surface area contributed by atoms with Gasteiger partial charge in [0.2, 0.25) is 0 Å². The molecule has 0 saturated carbocycles. The first-order valence-corrected chi connectivity index (χ1v) is 9.77. The van der Waals surface area contributed by atoms with Crippen LogP contribution in [0, 0.1) is 0 Å². The summed E-state index contributed by atoms with van der Waals surface area (Å²) < 4.78 is 5.32. The maximum atomic E-state index is 12.8.